The molecule has 19 heavy (non-hydrogen) atoms. The van der Waals surface area contributed by atoms with Crippen LogP contribution in [0.2, 0.25) is 6.32 Å². The fourth-order valence-corrected chi connectivity index (χ4v) is 3.36. The van der Waals surface area contributed by atoms with Crippen molar-refractivity contribution in [2.24, 2.45) is 11.8 Å². The fraction of sp³-hybridized carbons (Fsp3) is 1.00. The second-order valence-corrected chi connectivity index (χ2v) is 7.25. The summed E-state index contributed by atoms with van der Waals surface area (Å²) in [5, 5.41) is 9.34. The maximum Gasteiger partial charge on any atom is 0.457 e. The predicted molar refractivity (Wildman–Crippen MR) is 78.0 cm³/mol. The molecule has 0 aromatic heterocycles. The zero-order chi connectivity index (χ0) is 14.1. The van der Waals surface area contributed by atoms with Crippen LogP contribution >= 0.6 is 0 Å². The van der Waals surface area contributed by atoms with Crippen LogP contribution in [0.4, 0.5) is 0 Å². The largest absolute Gasteiger partial charge is 0.457 e. The molecule has 1 heterocycles. The Morgan fingerprint density at radius 2 is 1.63 bits per heavy atom. The van der Waals surface area contributed by atoms with Crippen molar-refractivity contribution >= 4 is 7.12 Å². The van der Waals surface area contributed by atoms with Gasteiger partial charge in [-0.05, 0) is 52.3 Å². The van der Waals surface area contributed by atoms with Crippen LogP contribution in [0.5, 0.6) is 0 Å². The third-order valence-electron chi connectivity index (χ3n) is 5.37. The van der Waals surface area contributed by atoms with Gasteiger partial charge in [-0.15, -0.1) is 0 Å². The Morgan fingerprint density at radius 3 is 2.21 bits per heavy atom. The van der Waals surface area contributed by atoms with E-state index in [0.29, 0.717) is 18.4 Å². The van der Waals surface area contributed by atoms with Gasteiger partial charge in [0.15, 0.2) is 0 Å². The summed E-state index contributed by atoms with van der Waals surface area (Å²) in [5.41, 5.74) is -0.419. The summed E-state index contributed by atoms with van der Waals surface area (Å²) < 4.78 is 12.0. The van der Waals surface area contributed by atoms with Crippen molar-refractivity contribution in [2.45, 2.75) is 77.3 Å². The lowest BCUT2D eigenvalue weighted by atomic mass is 9.80. The molecule has 0 amide bonds. The molecule has 1 N–H and O–H groups in total. The van der Waals surface area contributed by atoms with Crippen molar-refractivity contribution in [1.82, 2.24) is 0 Å². The molecule has 2 rings (SSSR count). The molecular formula is C15H29BO3. The van der Waals surface area contributed by atoms with Crippen LogP contribution in [0.1, 0.15) is 59.8 Å². The smallest absolute Gasteiger partial charge is 0.403 e. The zero-order valence-corrected chi connectivity index (χ0v) is 12.9. The minimum atomic E-state index is -0.210. The van der Waals surface area contributed by atoms with E-state index in [9.17, 15) is 5.11 Å². The van der Waals surface area contributed by atoms with E-state index in [4.69, 9.17) is 9.31 Å². The molecule has 2 aliphatic rings. The third kappa shape index (κ3) is 3.34. The molecule has 0 spiro atoms. The Hall–Kier alpha value is -0.0551. The molecular weight excluding hydrogens is 239 g/mol. The molecule has 0 aromatic rings. The van der Waals surface area contributed by atoms with Gasteiger partial charge >= 0.3 is 7.12 Å². The first kappa shape index (κ1) is 15.3. The van der Waals surface area contributed by atoms with Crippen molar-refractivity contribution in [3.8, 4) is 0 Å². The van der Waals surface area contributed by atoms with E-state index in [1.54, 1.807) is 0 Å². The molecule has 0 bridgehead atoms. The van der Waals surface area contributed by atoms with Gasteiger partial charge in [0.1, 0.15) is 0 Å². The lowest BCUT2D eigenvalue weighted by molar-refractivity contribution is 0.00578. The SMILES string of the molecule is CC1(C)OB(CCCC2CCCC2CO)OC1(C)C. The maximum atomic E-state index is 9.34. The van der Waals surface area contributed by atoms with Crippen molar-refractivity contribution in [1.29, 1.82) is 0 Å². The fourth-order valence-electron chi connectivity index (χ4n) is 3.36. The second kappa shape index (κ2) is 5.75. The average molecular weight is 268 g/mol. The number of aliphatic hydroxyl groups excluding tert-OH is 1. The molecule has 0 radical (unpaired) electrons. The minimum absolute atomic E-state index is 0.0565. The molecule has 1 saturated carbocycles. The van der Waals surface area contributed by atoms with Crippen molar-refractivity contribution in [3.05, 3.63) is 0 Å². The Morgan fingerprint density at radius 1 is 1.05 bits per heavy atom. The molecule has 0 aromatic carbocycles. The maximum absolute atomic E-state index is 9.34. The standard InChI is InChI=1S/C15H29BO3/c1-14(2)15(3,4)19-16(18-14)10-6-9-12-7-5-8-13(12)11-17/h12-13,17H,5-11H2,1-4H3. The van der Waals surface area contributed by atoms with Crippen LogP contribution in [0.3, 0.4) is 0 Å². The minimum Gasteiger partial charge on any atom is -0.403 e. The van der Waals surface area contributed by atoms with Gasteiger partial charge in [0, 0.05) is 6.61 Å². The second-order valence-electron chi connectivity index (χ2n) is 7.25. The van der Waals surface area contributed by atoms with Gasteiger partial charge in [0.05, 0.1) is 11.2 Å². The summed E-state index contributed by atoms with van der Waals surface area (Å²) >= 11 is 0. The molecule has 4 heteroatoms. The van der Waals surface area contributed by atoms with Gasteiger partial charge < -0.3 is 14.4 Å². The van der Waals surface area contributed by atoms with Crippen LogP contribution in [-0.4, -0.2) is 30.0 Å². The first-order valence-corrected chi connectivity index (χ1v) is 7.82. The Balaban J connectivity index is 1.73. The molecule has 2 unspecified atom stereocenters. The number of aliphatic hydroxyl groups is 1. The Kier molecular flexibility index (Phi) is 4.64. The van der Waals surface area contributed by atoms with E-state index in [2.05, 4.69) is 27.7 Å². The molecule has 1 saturated heterocycles. The van der Waals surface area contributed by atoms with E-state index in [0.717, 1.165) is 12.7 Å². The normalized spacial score (nSPS) is 33.0. The zero-order valence-electron chi connectivity index (χ0n) is 12.9. The van der Waals surface area contributed by atoms with Crippen LogP contribution in [-0.2, 0) is 9.31 Å². The molecule has 2 atom stereocenters. The molecule has 1 aliphatic heterocycles. The highest BCUT2D eigenvalue weighted by atomic mass is 16.7. The van der Waals surface area contributed by atoms with Gasteiger partial charge in [0.25, 0.3) is 0 Å². The monoisotopic (exact) mass is 268 g/mol. The summed E-state index contributed by atoms with van der Waals surface area (Å²) in [6, 6.07) is 0. The number of hydrogen-bond acceptors (Lipinski definition) is 3. The van der Waals surface area contributed by atoms with Gasteiger partial charge in [-0.2, -0.15) is 0 Å². The van der Waals surface area contributed by atoms with Crippen LogP contribution < -0.4 is 0 Å². The summed E-state index contributed by atoms with van der Waals surface area (Å²) in [5.74, 6) is 1.26. The summed E-state index contributed by atoms with van der Waals surface area (Å²) in [7, 11) is -0.0565. The molecule has 2 fully saturated rings. The summed E-state index contributed by atoms with van der Waals surface area (Å²) in [4.78, 5) is 0. The Labute approximate surface area is 118 Å². The van der Waals surface area contributed by atoms with Crippen molar-refractivity contribution < 1.29 is 14.4 Å². The third-order valence-corrected chi connectivity index (χ3v) is 5.37. The molecule has 1 aliphatic carbocycles. The highest BCUT2D eigenvalue weighted by Gasteiger charge is 2.50. The van der Waals surface area contributed by atoms with E-state index in [1.165, 1.54) is 25.7 Å². The number of rotatable bonds is 5. The van der Waals surface area contributed by atoms with Gasteiger partial charge in [-0.1, -0.05) is 25.7 Å². The van der Waals surface area contributed by atoms with Crippen LogP contribution in [0.25, 0.3) is 0 Å². The Bertz CT molecular complexity index is 288. The van der Waals surface area contributed by atoms with E-state index in [1.807, 2.05) is 0 Å². The van der Waals surface area contributed by atoms with Gasteiger partial charge in [-0.25, -0.2) is 0 Å². The molecule has 3 nitrogen and oxygen atoms in total. The van der Waals surface area contributed by atoms with Crippen molar-refractivity contribution in [3.63, 3.8) is 0 Å². The van der Waals surface area contributed by atoms with E-state index >= 15 is 0 Å². The molecule has 110 valence electrons. The first-order chi connectivity index (χ1) is 8.86. The lowest BCUT2D eigenvalue weighted by Crippen LogP contribution is -2.41. The van der Waals surface area contributed by atoms with Gasteiger partial charge in [-0.3, -0.25) is 0 Å². The highest BCUT2D eigenvalue weighted by Crippen LogP contribution is 2.39. The van der Waals surface area contributed by atoms with E-state index in [-0.39, 0.29) is 18.3 Å². The summed E-state index contributed by atoms with van der Waals surface area (Å²) in [6.07, 6.45) is 7.09. The van der Waals surface area contributed by atoms with Gasteiger partial charge in [0.2, 0.25) is 0 Å². The van der Waals surface area contributed by atoms with Crippen LogP contribution in [0.15, 0.2) is 0 Å². The van der Waals surface area contributed by atoms with E-state index < -0.39 is 0 Å². The quantitative estimate of drug-likeness (QED) is 0.778. The average Bonchev–Trinajstić information content (AvgIpc) is 2.82. The van der Waals surface area contributed by atoms with Crippen LogP contribution in [0, 0.1) is 11.8 Å². The van der Waals surface area contributed by atoms with Crippen molar-refractivity contribution in [2.75, 3.05) is 6.61 Å². The first-order valence-electron chi connectivity index (χ1n) is 7.82. The predicted octanol–water partition coefficient (Wildman–Crippen LogP) is 3.27. The topological polar surface area (TPSA) is 38.7 Å². The lowest BCUT2D eigenvalue weighted by Gasteiger charge is -2.32. The highest BCUT2D eigenvalue weighted by molar-refractivity contribution is 6.45. The summed E-state index contributed by atoms with van der Waals surface area (Å²) in [6.45, 7) is 8.77. The number of hydrogen-bond donors (Lipinski definition) is 1.